The fourth-order valence-electron chi connectivity index (χ4n) is 1.30. The van der Waals surface area contributed by atoms with Crippen molar-refractivity contribution in [3.63, 3.8) is 0 Å². The maximum Gasteiger partial charge on any atom is 0.157 e. The molecule has 14 heavy (non-hydrogen) atoms. The molecule has 4 heteroatoms. The Morgan fingerprint density at radius 2 is 2.64 bits per heavy atom. The van der Waals surface area contributed by atoms with Crippen molar-refractivity contribution in [3.8, 4) is 0 Å². The van der Waals surface area contributed by atoms with Crippen LogP contribution in [0.1, 0.15) is 19.1 Å². The topological polar surface area (TPSA) is 37.5 Å². The quantitative estimate of drug-likeness (QED) is 0.813. The SMILES string of the molecule is CC1CCSC(=NCc2ccco2)N1. The zero-order valence-corrected chi connectivity index (χ0v) is 9.01. The number of rotatable bonds is 2. The molecular weight excluding hydrogens is 196 g/mol. The second kappa shape index (κ2) is 4.55. The molecule has 2 rings (SSSR count). The second-order valence-corrected chi connectivity index (χ2v) is 4.47. The zero-order valence-electron chi connectivity index (χ0n) is 8.19. The first-order valence-corrected chi connectivity index (χ1v) is 5.79. The van der Waals surface area contributed by atoms with Crippen molar-refractivity contribution < 1.29 is 4.42 Å². The summed E-state index contributed by atoms with van der Waals surface area (Å²) >= 11 is 1.79. The summed E-state index contributed by atoms with van der Waals surface area (Å²) in [7, 11) is 0. The van der Waals surface area contributed by atoms with E-state index >= 15 is 0 Å². The molecule has 3 nitrogen and oxygen atoms in total. The van der Waals surface area contributed by atoms with Gasteiger partial charge in [0.15, 0.2) is 5.17 Å². The molecule has 0 saturated carbocycles. The Bertz CT molecular complexity index is 308. The molecule has 0 bridgehead atoms. The lowest BCUT2D eigenvalue weighted by Gasteiger charge is -2.21. The predicted octanol–water partition coefficient (Wildman–Crippen LogP) is 2.25. The Hall–Kier alpha value is -0.900. The number of nitrogens with one attached hydrogen (secondary N) is 1. The summed E-state index contributed by atoms with van der Waals surface area (Å²) in [5, 5.41) is 4.39. The molecule has 0 spiro atoms. The number of furan rings is 1. The average molecular weight is 210 g/mol. The molecule has 1 atom stereocenters. The van der Waals surface area contributed by atoms with E-state index in [4.69, 9.17) is 4.42 Å². The highest BCUT2D eigenvalue weighted by atomic mass is 32.2. The van der Waals surface area contributed by atoms with E-state index in [0.29, 0.717) is 12.6 Å². The van der Waals surface area contributed by atoms with Crippen LogP contribution in [0.3, 0.4) is 0 Å². The summed E-state index contributed by atoms with van der Waals surface area (Å²) in [4.78, 5) is 4.45. The van der Waals surface area contributed by atoms with E-state index in [2.05, 4.69) is 17.2 Å². The Labute approximate surface area is 88.0 Å². The van der Waals surface area contributed by atoms with E-state index in [1.54, 1.807) is 18.0 Å². The van der Waals surface area contributed by atoms with Crippen LogP contribution >= 0.6 is 11.8 Å². The van der Waals surface area contributed by atoms with Gasteiger partial charge in [0, 0.05) is 11.8 Å². The van der Waals surface area contributed by atoms with Gasteiger partial charge in [-0.25, -0.2) is 0 Å². The molecule has 1 N–H and O–H groups in total. The molecule has 0 radical (unpaired) electrons. The van der Waals surface area contributed by atoms with Gasteiger partial charge in [0.05, 0.1) is 12.8 Å². The number of nitrogens with zero attached hydrogens (tertiary/aromatic N) is 1. The van der Waals surface area contributed by atoms with E-state index in [9.17, 15) is 0 Å². The normalized spacial score (nSPS) is 24.9. The minimum absolute atomic E-state index is 0.548. The lowest BCUT2D eigenvalue weighted by molar-refractivity contribution is 0.512. The maximum absolute atomic E-state index is 5.21. The minimum atomic E-state index is 0.548. The van der Waals surface area contributed by atoms with Gasteiger partial charge in [-0.1, -0.05) is 11.8 Å². The molecule has 1 aromatic heterocycles. The summed E-state index contributed by atoms with van der Waals surface area (Å²) in [5.41, 5.74) is 0. The third-order valence-electron chi connectivity index (χ3n) is 2.12. The molecule has 1 unspecified atom stereocenters. The first-order valence-electron chi connectivity index (χ1n) is 4.81. The molecule has 0 aromatic carbocycles. The molecular formula is C10H14N2OS. The summed E-state index contributed by atoms with van der Waals surface area (Å²) in [6.45, 7) is 2.82. The van der Waals surface area contributed by atoms with Crippen LogP contribution in [0.25, 0.3) is 0 Å². The van der Waals surface area contributed by atoms with Crippen molar-refractivity contribution in [2.24, 2.45) is 4.99 Å². The van der Waals surface area contributed by atoms with Crippen LogP contribution in [-0.4, -0.2) is 17.0 Å². The summed E-state index contributed by atoms with van der Waals surface area (Å²) in [6.07, 6.45) is 2.89. The summed E-state index contributed by atoms with van der Waals surface area (Å²) in [5.74, 6) is 2.07. The molecule has 1 aliphatic rings. The smallest absolute Gasteiger partial charge is 0.157 e. The third-order valence-corrected chi connectivity index (χ3v) is 3.08. The fraction of sp³-hybridized carbons (Fsp3) is 0.500. The highest BCUT2D eigenvalue weighted by Gasteiger charge is 2.12. The lowest BCUT2D eigenvalue weighted by atomic mass is 10.3. The van der Waals surface area contributed by atoms with Crippen molar-refractivity contribution in [2.45, 2.75) is 25.9 Å². The van der Waals surface area contributed by atoms with Crippen molar-refractivity contribution in [1.82, 2.24) is 5.32 Å². The summed E-state index contributed by atoms with van der Waals surface area (Å²) in [6, 6.07) is 4.38. The predicted molar refractivity (Wildman–Crippen MR) is 59.5 cm³/mol. The van der Waals surface area contributed by atoms with E-state index in [1.165, 1.54) is 6.42 Å². The molecule has 0 amide bonds. The van der Waals surface area contributed by atoms with Gasteiger partial charge in [0.25, 0.3) is 0 Å². The van der Waals surface area contributed by atoms with Crippen molar-refractivity contribution >= 4 is 16.9 Å². The number of hydrogen-bond acceptors (Lipinski definition) is 3. The van der Waals surface area contributed by atoms with Gasteiger partial charge in [-0.3, -0.25) is 4.99 Å². The lowest BCUT2D eigenvalue weighted by Crippen LogP contribution is -2.35. The standard InChI is InChI=1S/C10H14N2OS/c1-8-4-6-14-10(12-8)11-7-9-3-2-5-13-9/h2-3,5,8H,4,6-7H2,1H3,(H,11,12). The van der Waals surface area contributed by atoms with Crippen molar-refractivity contribution in [3.05, 3.63) is 24.2 Å². The van der Waals surface area contributed by atoms with Crippen molar-refractivity contribution in [2.75, 3.05) is 5.75 Å². The number of thioether (sulfide) groups is 1. The molecule has 1 aromatic rings. The van der Waals surface area contributed by atoms with E-state index in [-0.39, 0.29) is 0 Å². The molecule has 0 aliphatic carbocycles. The van der Waals surface area contributed by atoms with Crippen LogP contribution in [0.15, 0.2) is 27.8 Å². The number of amidine groups is 1. The number of aliphatic imine (C=N–C) groups is 1. The van der Waals surface area contributed by atoms with E-state index < -0.39 is 0 Å². The van der Waals surface area contributed by atoms with Crippen molar-refractivity contribution in [1.29, 1.82) is 0 Å². The van der Waals surface area contributed by atoms with Gasteiger partial charge in [0.1, 0.15) is 5.76 Å². The second-order valence-electron chi connectivity index (χ2n) is 3.38. The largest absolute Gasteiger partial charge is 0.467 e. The molecule has 1 aliphatic heterocycles. The Morgan fingerprint density at radius 1 is 1.71 bits per heavy atom. The summed E-state index contributed by atoms with van der Waals surface area (Å²) < 4.78 is 5.21. The first-order chi connectivity index (χ1) is 6.84. The van der Waals surface area contributed by atoms with E-state index in [1.807, 2.05) is 12.1 Å². The van der Waals surface area contributed by atoms with Gasteiger partial charge >= 0.3 is 0 Å². The van der Waals surface area contributed by atoms with Crippen LogP contribution in [0.5, 0.6) is 0 Å². The van der Waals surface area contributed by atoms with Gasteiger partial charge in [-0.05, 0) is 25.5 Å². The molecule has 1 fully saturated rings. The Morgan fingerprint density at radius 3 is 3.36 bits per heavy atom. The van der Waals surface area contributed by atoms with E-state index in [0.717, 1.165) is 16.7 Å². The van der Waals surface area contributed by atoms with Crippen LogP contribution in [0.4, 0.5) is 0 Å². The molecule has 1 saturated heterocycles. The van der Waals surface area contributed by atoms with Gasteiger partial charge in [-0.15, -0.1) is 0 Å². The first kappa shape index (κ1) is 9.65. The van der Waals surface area contributed by atoms with Crippen LogP contribution in [-0.2, 0) is 6.54 Å². The average Bonchev–Trinajstić information content (AvgIpc) is 2.67. The van der Waals surface area contributed by atoms with Crippen LogP contribution in [0.2, 0.25) is 0 Å². The van der Waals surface area contributed by atoms with Crippen LogP contribution < -0.4 is 5.32 Å². The fourth-order valence-corrected chi connectivity index (χ4v) is 2.41. The molecule has 76 valence electrons. The van der Waals surface area contributed by atoms with Gasteiger partial charge in [-0.2, -0.15) is 0 Å². The Balaban J connectivity index is 1.91. The van der Waals surface area contributed by atoms with Crippen LogP contribution in [0, 0.1) is 0 Å². The monoisotopic (exact) mass is 210 g/mol. The molecule has 2 heterocycles. The highest BCUT2D eigenvalue weighted by molar-refractivity contribution is 8.13. The highest BCUT2D eigenvalue weighted by Crippen LogP contribution is 2.14. The Kier molecular flexibility index (Phi) is 3.14. The maximum atomic E-state index is 5.21. The zero-order chi connectivity index (χ0) is 9.80. The number of hydrogen-bond donors (Lipinski definition) is 1. The minimum Gasteiger partial charge on any atom is -0.467 e. The van der Waals surface area contributed by atoms with Gasteiger partial charge < -0.3 is 9.73 Å². The van der Waals surface area contributed by atoms with Gasteiger partial charge in [0.2, 0.25) is 0 Å². The third kappa shape index (κ3) is 2.54.